The fraction of sp³-hybridized carbons (Fsp3) is 0.647. The van der Waals surface area contributed by atoms with E-state index in [-0.39, 0.29) is 11.9 Å². The highest BCUT2D eigenvalue weighted by Crippen LogP contribution is 2.40. The second-order valence-corrected chi connectivity index (χ2v) is 6.51. The summed E-state index contributed by atoms with van der Waals surface area (Å²) in [5, 5.41) is 0. The third kappa shape index (κ3) is 2.56. The first kappa shape index (κ1) is 13.9. The zero-order valence-electron chi connectivity index (χ0n) is 12.3. The number of hydrogen-bond donors (Lipinski definition) is 1. The zero-order chi connectivity index (χ0) is 14.1. The zero-order valence-corrected chi connectivity index (χ0v) is 12.3. The highest BCUT2D eigenvalue weighted by atomic mass is 19.1. The molecule has 1 aliphatic heterocycles. The molecule has 2 nitrogen and oxygen atoms in total. The maximum Gasteiger partial charge on any atom is 0.128 e. The maximum absolute atomic E-state index is 14.2. The number of fused-ring (bicyclic) bond motifs is 1. The third-order valence-electron chi connectivity index (χ3n) is 4.92. The van der Waals surface area contributed by atoms with Crippen LogP contribution in [0, 0.1) is 11.7 Å². The number of benzene rings is 1. The molecular weight excluding hydrogens is 251 g/mol. The average Bonchev–Trinajstić information content (AvgIpc) is 2.89. The molecule has 0 amide bonds. The Morgan fingerprint density at radius 2 is 2.10 bits per heavy atom. The van der Waals surface area contributed by atoms with Crippen molar-refractivity contribution in [3.05, 3.63) is 29.6 Å². The number of anilines is 1. The number of piperidine rings is 1. The largest absolute Gasteiger partial charge is 0.368 e. The van der Waals surface area contributed by atoms with Crippen molar-refractivity contribution in [3.63, 3.8) is 0 Å². The molecule has 1 aliphatic carbocycles. The van der Waals surface area contributed by atoms with Gasteiger partial charge in [-0.25, -0.2) is 4.39 Å². The van der Waals surface area contributed by atoms with Gasteiger partial charge < -0.3 is 10.6 Å². The Kier molecular flexibility index (Phi) is 3.97. The van der Waals surface area contributed by atoms with Crippen LogP contribution in [0.15, 0.2) is 18.2 Å². The first-order valence-electron chi connectivity index (χ1n) is 7.96. The van der Waals surface area contributed by atoms with E-state index in [4.69, 9.17) is 5.73 Å². The van der Waals surface area contributed by atoms with Crippen molar-refractivity contribution in [2.45, 2.75) is 57.5 Å². The van der Waals surface area contributed by atoms with Crippen LogP contribution in [-0.2, 0) is 6.42 Å². The number of rotatable bonds is 3. The predicted octanol–water partition coefficient (Wildman–Crippen LogP) is 3.48. The lowest BCUT2D eigenvalue weighted by atomic mass is 9.90. The number of nitrogens with zero attached hydrogens (tertiary/aromatic N) is 1. The smallest absolute Gasteiger partial charge is 0.128 e. The van der Waals surface area contributed by atoms with Crippen molar-refractivity contribution in [2.75, 3.05) is 11.4 Å². The van der Waals surface area contributed by atoms with E-state index in [1.807, 2.05) is 13.0 Å². The van der Waals surface area contributed by atoms with E-state index in [0.29, 0.717) is 12.5 Å². The lowest BCUT2D eigenvalue weighted by Crippen LogP contribution is -2.43. The molecule has 3 rings (SSSR count). The van der Waals surface area contributed by atoms with Crippen molar-refractivity contribution in [1.82, 2.24) is 0 Å². The van der Waals surface area contributed by atoms with Gasteiger partial charge in [-0.1, -0.05) is 12.5 Å². The van der Waals surface area contributed by atoms with Gasteiger partial charge in [0.25, 0.3) is 0 Å². The summed E-state index contributed by atoms with van der Waals surface area (Å²) >= 11 is 0. The summed E-state index contributed by atoms with van der Waals surface area (Å²) in [5.74, 6) is 0.718. The van der Waals surface area contributed by atoms with Crippen LogP contribution < -0.4 is 10.6 Å². The molecule has 1 saturated heterocycles. The minimum Gasteiger partial charge on any atom is -0.368 e. The molecule has 2 aliphatic rings. The summed E-state index contributed by atoms with van der Waals surface area (Å²) in [6, 6.07) is 6.11. The number of hydrogen-bond acceptors (Lipinski definition) is 2. The normalized spacial score (nSPS) is 27.4. The maximum atomic E-state index is 14.2. The molecule has 0 aromatic heterocycles. The Bertz CT molecular complexity index is 472. The quantitative estimate of drug-likeness (QED) is 0.915. The van der Waals surface area contributed by atoms with Gasteiger partial charge in [-0.15, -0.1) is 0 Å². The molecule has 3 unspecified atom stereocenters. The lowest BCUT2D eigenvalue weighted by molar-refractivity contribution is 0.361. The summed E-state index contributed by atoms with van der Waals surface area (Å²) in [5.41, 5.74) is 7.82. The van der Waals surface area contributed by atoms with Crippen LogP contribution in [0.3, 0.4) is 0 Å². The number of halogens is 1. The molecule has 2 N–H and O–H groups in total. The molecule has 0 bridgehead atoms. The summed E-state index contributed by atoms with van der Waals surface area (Å²) in [4.78, 5) is 2.47. The van der Waals surface area contributed by atoms with Crippen molar-refractivity contribution in [3.8, 4) is 0 Å². The minimum atomic E-state index is -0.0973. The number of nitrogens with two attached hydrogens (primary N) is 1. The second-order valence-electron chi connectivity index (χ2n) is 6.51. The standard InChI is InChI=1S/C17H25FN2/c1-12(19)11-14-15(18)7-3-9-17(14)20-10-4-6-13-5-2-8-16(13)20/h3,7,9,12-13,16H,2,4-6,8,10-11,19H2,1H3. The van der Waals surface area contributed by atoms with Gasteiger partial charge in [-0.05, 0) is 57.1 Å². The van der Waals surface area contributed by atoms with Gasteiger partial charge in [0.15, 0.2) is 0 Å². The van der Waals surface area contributed by atoms with Gasteiger partial charge in [0.05, 0.1) is 0 Å². The van der Waals surface area contributed by atoms with Crippen LogP contribution in [0.25, 0.3) is 0 Å². The molecule has 0 spiro atoms. The van der Waals surface area contributed by atoms with Gasteiger partial charge in [0.2, 0.25) is 0 Å². The second kappa shape index (κ2) is 5.72. The van der Waals surface area contributed by atoms with E-state index < -0.39 is 0 Å². The first-order chi connectivity index (χ1) is 9.66. The van der Waals surface area contributed by atoms with E-state index in [0.717, 1.165) is 23.7 Å². The van der Waals surface area contributed by atoms with Gasteiger partial charge in [0, 0.05) is 29.9 Å². The highest BCUT2D eigenvalue weighted by molar-refractivity contribution is 5.56. The third-order valence-corrected chi connectivity index (χ3v) is 4.92. The van der Waals surface area contributed by atoms with Gasteiger partial charge in [0.1, 0.15) is 5.82 Å². The van der Waals surface area contributed by atoms with Crippen molar-refractivity contribution in [2.24, 2.45) is 11.7 Å². The van der Waals surface area contributed by atoms with Gasteiger partial charge in [-0.2, -0.15) is 0 Å². The van der Waals surface area contributed by atoms with Crippen molar-refractivity contribution >= 4 is 5.69 Å². The molecule has 1 aromatic rings. The van der Waals surface area contributed by atoms with E-state index >= 15 is 0 Å². The minimum absolute atomic E-state index is 0.00480. The molecule has 3 atom stereocenters. The molecule has 1 heterocycles. The average molecular weight is 276 g/mol. The summed E-state index contributed by atoms with van der Waals surface area (Å²) < 4.78 is 14.2. The van der Waals surface area contributed by atoms with E-state index in [1.54, 1.807) is 6.07 Å². The molecule has 1 saturated carbocycles. The van der Waals surface area contributed by atoms with E-state index in [9.17, 15) is 4.39 Å². The first-order valence-corrected chi connectivity index (χ1v) is 7.96. The monoisotopic (exact) mass is 276 g/mol. The summed E-state index contributed by atoms with van der Waals surface area (Å²) in [6.07, 6.45) is 7.13. The Morgan fingerprint density at radius 1 is 1.30 bits per heavy atom. The Balaban J connectivity index is 1.94. The molecule has 110 valence electrons. The molecular formula is C17H25FN2. The van der Waals surface area contributed by atoms with E-state index in [2.05, 4.69) is 11.0 Å². The topological polar surface area (TPSA) is 29.3 Å². The fourth-order valence-corrected chi connectivity index (χ4v) is 4.09. The molecule has 3 heteroatoms. The molecule has 1 aromatic carbocycles. The van der Waals surface area contributed by atoms with Crippen LogP contribution >= 0.6 is 0 Å². The lowest BCUT2D eigenvalue weighted by Gasteiger charge is -2.40. The van der Waals surface area contributed by atoms with Crippen molar-refractivity contribution in [1.29, 1.82) is 0 Å². The molecule has 2 fully saturated rings. The van der Waals surface area contributed by atoms with Crippen molar-refractivity contribution < 1.29 is 4.39 Å². The Morgan fingerprint density at radius 3 is 2.90 bits per heavy atom. The van der Waals surface area contributed by atoms with Crippen LogP contribution in [0.5, 0.6) is 0 Å². The van der Waals surface area contributed by atoms with Gasteiger partial charge in [-0.3, -0.25) is 0 Å². The van der Waals surface area contributed by atoms with E-state index in [1.165, 1.54) is 32.1 Å². The fourth-order valence-electron chi connectivity index (χ4n) is 4.09. The molecule has 0 radical (unpaired) electrons. The predicted molar refractivity (Wildman–Crippen MR) is 81.5 cm³/mol. The summed E-state index contributed by atoms with van der Waals surface area (Å²) in [6.45, 7) is 3.02. The highest BCUT2D eigenvalue weighted by Gasteiger charge is 2.36. The Labute approximate surface area is 121 Å². The van der Waals surface area contributed by atoms with Gasteiger partial charge >= 0.3 is 0 Å². The molecule has 20 heavy (non-hydrogen) atoms. The van der Waals surface area contributed by atoms with Crippen LogP contribution in [0.1, 0.15) is 44.6 Å². The SMILES string of the molecule is CC(N)Cc1c(F)cccc1N1CCCC2CCCC21. The Hall–Kier alpha value is -1.09. The van der Waals surface area contributed by atoms with Crippen LogP contribution in [0.4, 0.5) is 10.1 Å². The van der Waals surface area contributed by atoms with Crippen LogP contribution in [0.2, 0.25) is 0 Å². The van der Waals surface area contributed by atoms with Crippen LogP contribution in [-0.4, -0.2) is 18.6 Å². The summed E-state index contributed by atoms with van der Waals surface area (Å²) in [7, 11) is 0.